The van der Waals surface area contributed by atoms with Crippen molar-refractivity contribution in [2.45, 2.75) is 133 Å². The van der Waals surface area contributed by atoms with Gasteiger partial charge in [0.25, 0.3) is 5.91 Å². The maximum atomic E-state index is 15.3. The highest BCUT2D eigenvalue weighted by atomic mass is 32.2. The van der Waals surface area contributed by atoms with Crippen molar-refractivity contribution in [1.82, 2.24) is 24.8 Å². The minimum Gasteiger partial charge on any atom is -0.494 e. The highest BCUT2D eigenvalue weighted by Crippen LogP contribution is 2.48. The van der Waals surface area contributed by atoms with Gasteiger partial charge in [-0.05, 0) is 101 Å². The Kier molecular flexibility index (Phi) is 11.7. The predicted octanol–water partition coefficient (Wildman–Crippen LogP) is 5.63. The van der Waals surface area contributed by atoms with E-state index in [1.807, 2.05) is 6.92 Å². The summed E-state index contributed by atoms with van der Waals surface area (Å²) in [4.78, 5) is 62.5. The Morgan fingerprint density at radius 2 is 1.84 bits per heavy atom. The van der Waals surface area contributed by atoms with Crippen LogP contribution in [0.2, 0.25) is 0 Å². The number of pyridine rings is 1. The van der Waals surface area contributed by atoms with Crippen molar-refractivity contribution >= 4 is 44.6 Å². The highest BCUT2D eigenvalue weighted by Gasteiger charge is 2.64. The number of allylic oxidation sites excluding steroid dienone is 1. The van der Waals surface area contributed by atoms with Crippen LogP contribution in [0.5, 0.6) is 17.5 Å². The molecule has 3 aliphatic heterocycles. The smallest absolute Gasteiger partial charge is 0.411 e. The number of fused-ring (bicyclic) bond motifs is 5. The Bertz CT molecular complexity index is 2300. The average molecular weight is 896 g/mol. The largest absolute Gasteiger partial charge is 0.494 e. The topological polar surface area (TPSA) is 194 Å². The van der Waals surface area contributed by atoms with Crippen LogP contribution in [0, 0.1) is 23.6 Å². The second-order valence-electron chi connectivity index (χ2n) is 18.3. The molecule has 15 nitrogen and oxygen atoms in total. The van der Waals surface area contributed by atoms with Crippen LogP contribution < -0.4 is 24.2 Å². The van der Waals surface area contributed by atoms with Crippen LogP contribution in [0.4, 0.5) is 22.4 Å². The van der Waals surface area contributed by atoms with Gasteiger partial charge in [-0.1, -0.05) is 26.0 Å². The van der Waals surface area contributed by atoms with Crippen LogP contribution in [0.3, 0.4) is 0 Å². The molecule has 2 aromatic rings. The molecule has 2 aliphatic carbocycles. The number of carboxylic acid groups (broad SMARTS) is 1. The minimum absolute atomic E-state index is 0.00966. The predicted molar refractivity (Wildman–Crippen MR) is 215 cm³/mol. The number of nitrogens with one attached hydrogen (secondary N) is 2. The van der Waals surface area contributed by atoms with Gasteiger partial charge in [-0.3, -0.25) is 24.0 Å². The first-order chi connectivity index (χ1) is 28.9. The Balaban J connectivity index is 1.32. The van der Waals surface area contributed by atoms with Crippen molar-refractivity contribution in [2.24, 2.45) is 17.8 Å². The van der Waals surface area contributed by atoms with Crippen molar-refractivity contribution in [1.29, 1.82) is 0 Å². The first kappa shape index (κ1) is 45.2. The molecule has 0 spiro atoms. The summed E-state index contributed by atoms with van der Waals surface area (Å²) in [7, 11) is -2.85. The van der Waals surface area contributed by atoms with E-state index in [2.05, 4.69) is 15.0 Å². The van der Waals surface area contributed by atoms with Crippen LogP contribution in [0.25, 0.3) is 10.8 Å². The van der Waals surface area contributed by atoms with E-state index in [0.29, 0.717) is 69.9 Å². The molecule has 20 heteroatoms. The summed E-state index contributed by atoms with van der Waals surface area (Å²) in [5.41, 5.74) is -4.18. The highest BCUT2D eigenvalue weighted by molar-refractivity contribution is 7.91. The van der Waals surface area contributed by atoms with Gasteiger partial charge in [-0.2, -0.15) is 18.2 Å². The van der Waals surface area contributed by atoms with Crippen molar-refractivity contribution in [3.63, 3.8) is 0 Å². The molecular weight excluding hydrogens is 843 g/mol. The van der Waals surface area contributed by atoms with Crippen molar-refractivity contribution in [2.75, 3.05) is 20.3 Å². The zero-order chi connectivity index (χ0) is 45.3. The number of methoxy groups -OCH3 is 1. The van der Waals surface area contributed by atoms with Gasteiger partial charge in [0.05, 0.1) is 25.0 Å². The molecule has 7 rings (SSSR count). The van der Waals surface area contributed by atoms with Crippen LogP contribution in [0.15, 0.2) is 24.3 Å². The quantitative estimate of drug-likeness (QED) is 0.220. The Hall–Kier alpha value is -4.88. The monoisotopic (exact) mass is 895 g/mol. The number of halogens is 4. The number of benzene rings is 1. The van der Waals surface area contributed by atoms with E-state index in [4.69, 9.17) is 14.2 Å². The van der Waals surface area contributed by atoms with Crippen LogP contribution in [0.1, 0.15) is 91.5 Å². The maximum Gasteiger partial charge on any atom is 0.411 e. The minimum atomic E-state index is -5.13. The number of hydrogen-bond acceptors (Lipinski definition) is 10. The standard InChI is InChI=1S/C42H53F4N5O10S/c1-22-10-7-8-11-24-20-41(24,37(54)49-62(57,58)40(5)13-14-40)48-33(52)30-17-25(21-50(30)36(53)32(23(2)16-22)51(38(55)56)39(3,4)42(44,45)46)61-35-28-18-29(43)31(59-6)19-27(28)26-12-9-15-60-34(26)47-35/h8,11,18-19,22-25,30,32H,7,9-10,12-17,20-21H2,1-6H3,(H,48,52)(H,49,54)(H,55,56)/b11-8-/t22-,23-,24-,25-,30+,32+,41-/m1/s1. The summed E-state index contributed by atoms with van der Waals surface area (Å²) in [6.07, 6.45) is -2.23. The van der Waals surface area contributed by atoms with Crippen molar-refractivity contribution in [3.05, 3.63) is 35.7 Å². The Morgan fingerprint density at radius 3 is 2.48 bits per heavy atom. The third-order valence-electron chi connectivity index (χ3n) is 13.4. The first-order valence-corrected chi connectivity index (χ1v) is 22.4. The second kappa shape index (κ2) is 16.0. The van der Waals surface area contributed by atoms with Gasteiger partial charge in [0, 0.05) is 23.3 Å². The van der Waals surface area contributed by atoms with Gasteiger partial charge in [0.1, 0.15) is 29.3 Å². The lowest BCUT2D eigenvalue weighted by atomic mass is 9.85. The number of aromatic nitrogens is 1. The number of aryl methyl sites for hydroxylation is 1. The number of alkyl halides is 3. The van der Waals surface area contributed by atoms with E-state index >= 15 is 9.18 Å². The number of carbonyl (C=O) groups excluding carboxylic acids is 3. The van der Waals surface area contributed by atoms with Gasteiger partial charge >= 0.3 is 12.3 Å². The summed E-state index contributed by atoms with van der Waals surface area (Å²) in [6, 6.07) is -0.889. The third kappa shape index (κ3) is 8.11. The van der Waals surface area contributed by atoms with E-state index in [1.165, 1.54) is 33.1 Å². The number of nitrogens with zero attached hydrogens (tertiary/aromatic N) is 3. The number of rotatable bonds is 8. The van der Waals surface area contributed by atoms with Crippen LogP contribution in [-0.4, -0.2) is 113 Å². The zero-order valence-electron chi connectivity index (χ0n) is 35.4. The summed E-state index contributed by atoms with van der Waals surface area (Å²) < 4.78 is 105. The van der Waals surface area contributed by atoms with Gasteiger partial charge in [0.2, 0.25) is 33.6 Å². The number of amides is 4. The Labute approximate surface area is 356 Å². The summed E-state index contributed by atoms with van der Waals surface area (Å²) >= 11 is 0. The van der Waals surface area contributed by atoms with E-state index in [9.17, 15) is 41.1 Å². The lowest BCUT2D eigenvalue weighted by Crippen LogP contribution is -2.66. The molecule has 1 saturated heterocycles. The molecule has 62 heavy (non-hydrogen) atoms. The fraction of sp³-hybridized carbons (Fsp3) is 0.643. The zero-order valence-corrected chi connectivity index (χ0v) is 36.3. The van der Waals surface area contributed by atoms with E-state index < -0.39 is 98.2 Å². The number of hydrogen-bond donors (Lipinski definition) is 3. The fourth-order valence-electron chi connectivity index (χ4n) is 9.08. The molecule has 3 N–H and O–H groups in total. The first-order valence-electron chi connectivity index (χ1n) is 20.9. The molecule has 0 unspecified atom stereocenters. The van der Waals surface area contributed by atoms with Gasteiger partial charge in [-0.15, -0.1) is 0 Å². The third-order valence-corrected chi connectivity index (χ3v) is 15.5. The number of sulfonamides is 1. The van der Waals surface area contributed by atoms with E-state index in [1.54, 1.807) is 12.2 Å². The molecule has 7 atom stereocenters. The van der Waals surface area contributed by atoms with Crippen molar-refractivity contribution < 1.29 is 64.5 Å². The molecule has 4 heterocycles. The SMILES string of the molecule is COc1cc2c3c(nc(O[C@@H]4C[C@H]5C(=O)N[C@]6(C(=O)NS(=O)(=O)C7(C)CC7)C[C@H]6/C=C\CC[C@@H](C)C[C@@H](C)[C@H](N(C(=O)O)C(C)(C)C(F)(F)F)C(=O)N5C4)c2cc1F)OCCC3. The molecule has 0 bridgehead atoms. The van der Waals surface area contributed by atoms with Crippen molar-refractivity contribution in [3.8, 4) is 17.5 Å². The molecule has 1 aromatic heterocycles. The molecule has 1 aromatic carbocycles. The van der Waals surface area contributed by atoms with E-state index in [-0.39, 0.29) is 53.0 Å². The summed E-state index contributed by atoms with van der Waals surface area (Å²) in [6.45, 7) is 6.02. The lowest BCUT2D eigenvalue weighted by Gasteiger charge is -2.45. The number of carbonyl (C=O) groups is 4. The molecule has 3 fully saturated rings. The maximum absolute atomic E-state index is 15.3. The summed E-state index contributed by atoms with van der Waals surface area (Å²) in [5.74, 6) is -5.63. The average Bonchev–Trinajstić information content (AvgIpc) is 4.07. The molecular formula is C42H53F4N5O10S. The second-order valence-corrected chi connectivity index (χ2v) is 20.5. The Morgan fingerprint density at radius 1 is 1.13 bits per heavy atom. The molecule has 4 amide bonds. The molecule has 0 radical (unpaired) electrons. The van der Waals surface area contributed by atoms with Gasteiger partial charge in [-0.25, -0.2) is 17.6 Å². The normalized spacial score (nSPS) is 29.4. The molecule has 2 saturated carbocycles. The van der Waals surface area contributed by atoms with Crippen LogP contribution >= 0.6 is 0 Å². The summed E-state index contributed by atoms with van der Waals surface area (Å²) in [5, 5.41) is 13.9. The van der Waals surface area contributed by atoms with Gasteiger partial charge in [0.15, 0.2) is 11.6 Å². The van der Waals surface area contributed by atoms with E-state index in [0.717, 1.165) is 4.90 Å². The fourth-order valence-corrected chi connectivity index (χ4v) is 10.4. The van der Waals surface area contributed by atoms with Crippen LogP contribution in [-0.2, 0) is 30.8 Å². The molecule has 5 aliphatic rings. The molecule has 340 valence electrons. The van der Waals surface area contributed by atoms with Gasteiger partial charge < -0.3 is 29.5 Å². The lowest BCUT2D eigenvalue weighted by molar-refractivity contribution is -0.222. The number of ether oxygens (including phenoxy) is 3.